The normalized spacial score (nSPS) is 17.4. The third kappa shape index (κ3) is 3.21. The number of carbonyl (C=O) groups excluding carboxylic acids is 2. The Hall–Kier alpha value is -2.35. The quantitative estimate of drug-likeness (QED) is 0.766. The van der Waals surface area contributed by atoms with Crippen LogP contribution in [-0.2, 0) is 0 Å². The van der Waals surface area contributed by atoms with Gasteiger partial charge in [-0.1, -0.05) is 5.16 Å². The van der Waals surface area contributed by atoms with E-state index in [0.29, 0.717) is 48.4 Å². The van der Waals surface area contributed by atoms with Crippen molar-refractivity contribution < 1.29 is 19.2 Å². The van der Waals surface area contributed by atoms with Crippen LogP contribution in [0.4, 0.5) is 5.88 Å². The molecule has 1 aliphatic carbocycles. The van der Waals surface area contributed by atoms with Gasteiger partial charge in [-0.3, -0.25) is 9.59 Å². The molecule has 1 saturated carbocycles. The maximum Gasteiger partial charge on any atom is 0.254 e. The number of nitrogens with zero attached hydrogens (tertiary/aromatic N) is 3. The van der Waals surface area contributed by atoms with Crippen LogP contribution in [0, 0.1) is 0 Å². The first-order valence-corrected chi connectivity index (χ1v) is 9.34. The fraction of sp³-hybridized carbons (Fsp3) is 0.389. The van der Waals surface area contributed by atoms with E-state index < -0.39 is 0 Å². The number of amides is 1. The maximum atomic E-state index is 12.7. The number of aromatic nitrogens is 1. The topological polar surface area (TPSA) is 86.9 Å². The van der Waals surface area contributed by atoms with Gasteiger partial charge < -0.3 is 19.4 Å². The lowest BCUT2D eigenvalue weighted by atomic mass is 10.1. The summed E-state index contributed by atoms with van der Waals surface area (Å²) < 4.78 is 5.78. The number of hydrogen-bond donors (Lipinski definition) is 1. The Morgan fingerprint density at radius 2 is 1.96 bits per heavy atom. The molecule has 0 radical (unpaired) electrons. The van der Waals surface area contributed by atoms with E-state index in [-0.39, 0.29) is 17.2 Å². The van der Waals surface area contributed by atoms with Crippen LogP contribution in [0.2, 0.25) is 0 Å². The minimum Gasteiger partial charge on any atom is -0.506 e. The molecule has 1 aliphatic heterocycles. The van der Waals surface area contributed by atoms with Crippen LogP contribution in [0.1, 0.15) is 45.2 Å². The van der Waals surface area contributed by atoms with Gasteiger partial charge in [0.25, 0.3) is 5.91 Å². The molecular formula is C18H18BrN3O4. The zero-order valence-corrected chi connectivity index (χ0v) is 15.6. The second-order valence-electron chi connectivity index (χ2n) is 6.66. The summed E-state index contributed by atoms with van der Waals surface area (Å²) in [5.74, 6) is 0.993. The molecule has 2 aromatic rings. The number of phenols is 1. The highest BCUT2D eigenvalue weighted by Gasteiger charge is 2.29. The Kier molecular flexibility index (Phi) is 4.44. The van der Waals surface area contributed by atoms with Crippen LogP contribution in [-0.4, -0.2) is 53.5 Å². The average Bonchev–Trinajstić information content (AvgIpc) is 3.40. The summed E-state index contributed by atoms with van der Waals surface area (Å²) in [6, 6.07) is 4.96. The predicted molar refractivity (Wildman–Crippen MR) is 97.8 cm³/mol. The van der Waals surface area contributed by atoms with E-state index in [2.05, 4.69) is 26.0 Å². The fourth-order valence-electron chi connectivity index (χ4n) is 3.15. The molecule has 0 unspecified atom stereocenters. The lowest BCUT2D eigenvalue weighted by Crippen LogP contribution is -2.48. The van der Waals surface area contributed by atoms with E-state index in [1.54, 1.807) is 4.90 Å². The number of hydrogen-bond acceptors (Lipinski definition) is 6. The first kappa shape index (κ1) is 17.1. The number of piperazine rings is 1. The number of rotatable bonds is 4. The molecule has 0 bridgehead atoms. The highest BCUT2D eigenvalue weighted by Crippen LogP contribution is 2.40. The molecule has 4 rings (SSSR count). The molecule has 0 spiro atoms. The largest absolute Gasteiger partial charge is 0.506 e. The van der Waals surface area contributed by atoms with Gasteiger partial charge in [-0.2, -0.15) is 0 Å². The third-order valence-electron chi connectivity index (χ3n) is 4.86. The predicted octanol–water partition coefficient (Wildman–Crippen LogP) is 2.80. The van der Waals surface area contributed by atoms with Crippen molar-refractivity contribution in [2.24, 2.45) is 0 Å². The van der Waals surface area contributed by atoms with E-state index in [9.17, 15) is 14.7 Å². The van der Waals surface area contributed by atoms with Gasteiger partial charge in [-0.15, -0.1) is 0 Å². The Morgan fingerprint density at radius 1 is 1.23 bits per heavy atom. The summed E-state index contributed by atoms with van der Waals surface area (Å²) in [6.07, 6.45) is 2.90. The molecule has 26 heavy (non-hydrogen) atoms. The highest BCUT2D eigenvalue weighted by atomic mass is 79.9. The standard InChI is InChI=1S/C18H18BrN3O4/c19-14-8-12(7-13(10-23)17(14)24)18(25)22-5-3-21(4-6-22)16-9-15(20-26-16)11-1-2-11/h7-11,24H,1-6H2. The van der Waals surface area contributed by atoms with Gasteiger partial charge in [0.05, 0.1) is 15.7 Å². The van der Waals surface area contributed by atoms with Crippen molar-refractivity contribution in [2.75, 3.05) is 31.1 Å². The van der Waals surface area contributed by atoms with Gasteiger partial charge in [-0.05, 0) is 40.9 Å². The number of phenolic OH excluding ortho intramolecular Hbond substituents is 1. The average molecular weight is 420 g/mol. The molecule has 0 atom stereocenters. The van der Waals surface area contributed by atoms with Crippen molar-refractivity contribution in [2.45, 2.75) is 18.8 Å². The van der Waals surface area contributed by atoms with Crippen molar-refractivity contribution in [3.05, 3.63) is 39.5 Å². The van der Waals surface area contributed by atoms with E-state index >= 15 is 0 Å². The molecule has 1 aromatic heterocycles. The van der Waals surface area contributed by atoms with E-state index in [1.807, 2.05) is 6.07 Å². The fourth-order valence-corrected chi connectivity index (χ4v) is 3.62. The summed E-state index contributed by atoms with van der Waals surface area (Å²) in [5.41, 5.74) is 1.49. The monoisotopic (exact) mass is 419 g/mol. The van der Waals surface area contributed by atoms with Gasteiger partial charge >= 0.3 is 0 Å². The van der Waals surface area contributed by atoms with Crippen molar-refractivity contribution in [1.82, 2.24) is 10.1 Å². The number of halogens is 1. The smallest absolute Gasteiger partial charge is 0.254 e. The number of anilines is 1. The van der Waals surface area contributed by atoms with Crippen molar-refractivity contribution in [3.63, 3.8) is 0 Å². The van der Waals surface area contributed by atoms with Gasteiger partial charge in [-0.25, -0.2) is 0 Å². The molecule has 1 saturated heterocycles. The number of aromatic hydroxyl groups is 1. The molecule has 2 heterocycles. The maximum absolute atomic E-state index is 12.7. The summed E-state index contributed by atoms with van der Waals surface area (Å²) in [6.45, 7) is 2.41. The van der Waals surface area contributed by atoms with E-state index in [0.717, 1.165) is 11.6 Å². The Labute approximate surface area is 158 Å². The zero-order valence-electron chi connectivity index (χ0n) is 14.0. The van der Waals surface area contributed by atoms with Crippen LogP contribution in [0.25, 0.3) is 0 Å². The van der Waals surface area contributed by atoms with Crippen molar-refractivity contribution in [3.8, 4) is 5.75 Å². The first-order chi connectivity index (χ1) is 12.6. The molecule has 1 amide bonds. The van der Waals surface area contributed by atoms with Crippen LogP contribution in [0.5, 0.6) is 5.75 Å². The van der Waals surface area contributed by atoms with Crippen LogP contribution in [0.15, 0.2) is 27.2 Å². The molecule has 2 fully saturated rings. The molecule has 1 aromatic carbocycles. The van der Waals surface area contributed by atoms with Gasteiger partial charge in [0.2, 0.25) is 5.88 Å². The third-order valence-corrected chi connectivity index (χ3v) is 5.46. The number of carbonyl (C=O) groups is 2. The van der Waals surface area contributed by atoms with E-state index in [1.165, 1.54) is 25.0 Å². The molecular weight excluding hydrogens is 402 g/mol. The first-order valence-electron chi connectivity index (χ1n) is 8.55. The molecule has 2 aliphatic rings. The molecule has 8 heteroatoms. The molecule has 1 N–H and O–H groups in total. The summed E-state index contributed by atoms with van der Waals surface area (Å²) in [7, 11) is 0. The van der Waals surface area contributed by atoms with Gasteiger partial charge in [0.15, 0.2) is 6.29 Å². The summed E-state index contributed by atoms with van der Waals surface area (Å²) in [4.78, 5) is 27.6. The minimum absolute atomic E-state index is 0.0932. The SMILES string of the molecule is O=Cc1cc(C(=O)N2CCN(c3cc(C4CC4)no3)CC2)cc(Br)c1O. The number of benzene rings is 1. The minimum atomic E-state index is -0.162. The Morgan fingerprint density at radius 3 is 2.62 bits per heavy atom. The lowest BCUT2D eigenvalue weighted by molar-refractivity contribution is 0.0745. The summed E-state index contributed by atoms with van der Waals surface area (Å²) in [5, 5.41) is 13.9. The number of aldehydes is 1. The lowest BCUT2D eigenvalue weighted by Gasteiger charge is -2.34. The van der Waals surface area contributed by atoms with Crippen LogP contribution >= 0.6 is 15.9 Å². The van der Waals surface area contributed by atoms with Crippen LogP contribution < -0.4 is 4.90 Å². The molecule has 136 valence electrons. The van der Waals surface area contributed by atoms with Gasteiger partial charge in [0.1, 0.15) is 5.75 Å². The Bertz CT molecular complexity index is 854. The summed E-state index contributed by atoms with van der Waals surface area (Å²) >= 11 is 3.18. The van der Waals surface area contributed by atoms with E-state index in [4.69, 9.17) is 4.52 Å². The second-order valence-corrected chi connectivity index (χ2v) is 7.51. The van der Waals surface area contributed by atoms with Crippen molar-refractivity contribution in [1.29, 1.82) is 0 Å². The zero-order chi connectivity index (χ0) is 18.3. The van der Waals surface area contributed by atoms with Gasteiger partial charge in [0, 0.05) is 43.7 Å². The van der Waals surface area contributed by atoms with Crippen molar-refractivity contribution >= 4 is 34.0 Å². The Balaban J connectivity index is 1.43. The second kappa shape index (κ2) is 6.75. The highest BCUT2D eigenvalue weighted by molar-refractivity contribution is 9.10. The van der Waals surface area contributed by atoms with Crippen LogP contribution in [0.3, 0.4) is 0 Å². The molecule has 7 nitrogen and oxygen atoms in total.